The Morgan fingerprint density at radius 2 is 1.85 bits per heavy atom. The van der Waals surface area contributed by atoms with Gasteiger partial charge in [0.05, 0.1) is 29.0 Å². The van der Waals surface area contributed by atoms with Gasteiger partial charge < -0.3 is 24.0 Å². The van der Waals surface area contributed by atoms with Gasteiger partial charge in [-0.25, -0.2) is 4.39 Å². The average Bonchev–Trinajstić information content (AvgIpc) is 3.78. The molecule has 1 N–H and O–H groups in total. The number of fused-ring (bicyclic) bond motifs is 1. The molecular formula is C41H41FN6O5. The lowest BCUT2D eigenvalue weighted by Crippen LogP contribution is -2.52. The van der Waals surface area contributed by atoms with Crippen molar-refractivity contribution in [1.29, 1.82) is 5.26 Å². The second-order valence-electron chi connectivity index (χ2n) is 14.7. The number of halogens is 1. The first kappa shape index (κ1) is 34.5. The summed E-state index contributed by atoms with van der Waals surface area (Å²) in [6.07, 6.45) is 2.87. The molecule has 1 atom stereocenters. The van der Waals surface area contributed by atoms with Gasteiger partial charge in [0, 0.05) is 61.7 Å². The molecule has 0 spiro atoms. The lowest BCUT2D eigenvalue weighted by Gasteiger charge is -2.41. The molecule has 12 heteroatoms. The molecule has 11 nitrogen and oxygen atoms in total. The minimum absolute atomic E-state index is 0.0673. The molecule has 4 aliphatic rings. The number of ether oxygens (including phenoxy) is 1. The van der Waals surface area contributed by atoms with Gasteiger partial charge in [0.25, 0.3) is 5.91 Å². The molecule has 2 saturated heterocycles. The van der Waals surface area contributed by atoms with Crippen LogP contribution in [0.5, 0.6) is 0 Å². The van der Waals surface area contributed by atoms with E-state index in [-0.39, 0.29) is 42.4 Å². The number of anilines is 3. The van der Waals surface area contributed by atoms with Crippen LogP contribution in [0.3, 0.4) is 0 Å². The molecule has 3 amide bonds. The van der Waals surface area contributed by atoms with Crippen LogP contribution in [0.1, 0.15) is 70.6 Å². The molecule has 8 rings (SSSR count). The monoisotopic (exact) mass is 716 g/mol. The van der Waals surface area contributed by atoms with Gasteiger partial charge in [-0.15, -0.1) is 0 Å². The highest BCUT2D eigenvalue weighted by molar-refractivity contribution is 6.05. The van der Waals surface area contributed by atoms with E-state index in [1.807, 2.05) is 18.7 Å². The number of carbonyl (C=O) groups is 3. The van der Waals surface area contributed by atoms with E-state index in [1.165, 1.54) is 11.0 Å². The largest absolute Gasteiger partial charge is 0.374 e. The number of nitrogens with zero attached hydrogens (tertiary/aromatic N) is 5. The van der Waals surface area contributed by atoms with Gasteiger partial charge in [-0.1, -0.05) is 29.4 Å². The lowest BCUT2D eigenvalue weighted by molar-refractivity contribution is -0.136. The second kappa shape index (κ2) is 13.5. The summed E-state index contributed by atoms with van der Waals surface area (Å²) >= 11 is 0. The number of aryl methyl sites for hydroxylation is 3. The maximum atomic E-state index is 15.3. The van der Waals surface area contributed by atoms with Crippen molar-refractivity contribution >= 4 is 34.8 Å². The molecule has 1 unspecified atom stereocenters. The van der Waals surface area contributed by atoms with Crippen LogP contribution in [0.4, 0.5) is 21.5 Å². The highest BCUT2D eigenvalue weighted by atomic mass is 19.1. The van der Waals surface area contributed by atoms with Crippen LogP contribution in [0.25, 0.3) is 11.1 Å². The zero-order valence-electron chi connectivity index (χ0n) is 30.1. The number of hydrogen-bond donors (Lipinski definition) is 1. The topological polar surface area (TPSA) is 132 Å². The van der Waals surface area contributed by atoms with E-state index in [4.69, 9.17) is 9.26 Å². The Kier molecular flexibility index (Phi) is 8.77. The standard InChI is InChI=1S/C41H41FN6O5/c1-24-5-6-27(38-25(2)45-53-26(38)3)17-35(24)47(30-9-7-29(8-10-30)41(23-43)13-14-41)15-4-16-52-31-21-46(22-31)36-18-28-20-48(40(51)32(28)19-33(36)42)34-11-12-37(49)44-39(34)50/h5-10,17-19,31,34H,4,11-16,20-22H2,1-3H3,(H,44,49,50). The summed E-state index contributed by atoms with van der Waals surface area (Å²) in [6, 6.07) is 19.5. The maximum absolute atomic E-state index is 15.3. The predicted octanol–water partition coefficient (Wildman–Crippen LogP) is 6.16. The van der Waals surface area contributed by atoms with Crippen LogP contribution in [0.2, 0.25) is 0 Å². The number of nitrogens with one attached hydrogen (secondary N) is 1. The fourth-order valence-corrected chi connectivity index (χ4v) is 7.92. The van der Waals surface area contributed by atoms with E-state index < -0.39 is 23.7 Å². The zero-order valence-corrected chi connectivity index (χ0v) is 30.1. The number of carbonyl (C=O) groups excluding carboxylic acids is 3. The van der Waals surface area contributed by atoms with E-state index in [0.717, 1.165) is 64.3 Å². The molecule has 1 aliphatic carbocycles. The number of imide groups is 1. The molecule has 1 saturated carbocycles. The van der Waals surface area contributed by atoms with Gasteiger partial charge in [-0.05, 0) is 99.0 Å². The van der Waals surface area contributed by atoms with Crippen molar-refractivity contribution in [2.24, 2.45) is 0 Å². The first-order valence-corrected chi connectivity index (χ1v) is 18.2. The molecule has 1 aromatic heterocycles. The number of rotatable bonds is 11. The van der Waals surface area contributed by atoms with E-state index in [9.17, 15) is 19.6 Å². The van der Waals surface area contributed by atoms with E-state index in [1.54, 1.807) is 6.07 Å². The van der Waals surface area contributed by atoms with Crippen molar-refractivity contribution < 1.29 is 28.0 Å². The van der Waals surface area contributed by atoms with Crippen LogP contribution < -0.4 is 15.1 Å². The third-order valence-corrected chi connectivity index (χ3v) is 11.2. The number of hydrogen-bond acceptors (Lipinski definition) is 9. The highest BCUT2D eigenvalue weighted by Crippen LogP contribution is 2.48. The SMILES string of the molecule is Cc1ccc(-c2c(C)noc2C)cc1N(CCCOC1CN(c2cc3c(cc2F)C(=O)N(C2CCC(=O)NC2=O)C3)C1)c1ccc(C2(C#N)CC2)cc1. The Morgan fingerprint density at radius 1 is 1.08 bits per heavy atom. The van der Waals surface area contributed by atoms with Gasteiger partial charge in [0.1, 0.15) is 17.6 Å². The normalized spacial score (nSPS) is 19.2. The smallest absolute Gasteiger partial charge is 0.255 e. The van der Waals surface area contributed by atoms with E-state index >= 15 is 4.39 Å². The first-order chi connectivity index (χ1) is 25.5. The number of piperidine rings is 1. The molecule has 272 valence electrons. The number of benzene rings is 3. The van der Waals surface area contributed by atoms with Crippen LogP contribution in [-0.2, 0) is 26.3 Å². The fraction of sp³-hybridized carbons (Fsp3) is 0.390. The van der Waals surface area contributed by atoms with Gasteiger partial charge in [-0.3, -0.25) is 19.7 Å². The Hall–Kier alpha value is -5.54. The molecule has 0 radical (unpaired) electrons. The van der Waals surface area contributed by atoms with Gasteiger partial charge in [0.15, 0.2) is 0 Å². The summed E-state index contributed by atoms with van der Waals surface area (Å²) in [5.74, 6) is -0.952. The average molecular weight is 717 g/mol. The summed E-state index contributed by atoms with van der Waals surface area (Å²) in [4.78, 5) is 42.8. The van der Waals surface area contributed by atoms with Crippen molar-refractivity contribution in [3.63, 3.8) is 0 Å². The maximum Gasteiger partial charge on any atom is 0.255 e. The van der Waals surface area contributed by atoms with Gasteiger partial charge >= 0.3 is 0 Å². The van der Waals surface area contributed by atoms with Crippen molar-refractivity contribution in [2.75, 3.05) is 36.0 Å². The summed E-state index contributed by atoms with van der Waals surface area (Å²) in [6.45, 7) is 8.39. The van der Waals surface area contributed by atoms with Crippen molar-refractivity contribution in [1.82, 2.24) is 15.4 Å². The van der Waals surface area contributed by atoms with E-state index in [0.29, 0.717) is 37.5 Å². The molecule has 3 aliphatic heterocycles. The Bertz CT molecular complexity index is 2140. The molecular weight excluding hydrogens is 675 g/mol. The van der Waals surface area contributed by atoms with Crippen LogP contribution in [0, 0.1) is 37.9 Å². The number of nitriles is 1. The highest BCUT2D eigenvalue weighted by Gasteiger charge is 2.45. The third-order valence-electron chi connectivity index (χ3n) is 11.2. The van der Waals surface area contributed by atoms with Crippen LogP contribution >= 0.6 is 0 Å². The zero-order chi connectivity index (χ0) is 37.0. The van der Waals surface area contributed by atoms with Crippen molar-refractivity contribution in [3.8, 4) is 17.2 Å². The van der Waals surface area contributed by atoms with Gasteiger partial charge in [-0.2, -0.15) is 5.26 Å². The second-order valence-corrected chi connectivity index (χ2v) is 14.7. The molecule has 0 bridgehead atoms. The first-order valence-electron chi connectivity index (χ1n) is 18.2. The summed E-state index contributed by atoms with van der Waals surface area (Å²) in [5.41, 5.74) is 8.10. The molecule has 3 aromatic carbocycles. The molecule has 3 fully saturated rings. The molecule has 4 heterocycles. The predicted molar refractivity (Wildman–Crippen MR) is 195 cm³/mol. The Morgan fingerprint density at radius 3 is 2.53 bits per heavy atom. The van der Waals surface area contributed by atoms with Crippen LogP contribution in [-0.4, -0.2) is 66.2 Å². The molecule has 4 aromatic rings. The number of aromatic nitrogens is 1. The minimum atomic E-state index is -0.746. The summed E-state index contributed by atoms with van der Waals surface area (Å²) in [7, 11) is 0. The Balaban J connectivity index is 0.922. The number of amides is 3. The fourth-order valence-electron chi connectivity index (χ4n) is 7.92. The summed E-state index contributed by atoms with van der Waals surface area (Å²) in [5, 5.41) is 16.2. The van der Waals surface area contributed by atoms with Gasteiger partial charge in [0.2, 0.25) is 11.8 Å². The molecule has 53 heavy (non-hydrogen) atoms. The van der Waals surface area contributed by atoms with Crippen LogP contribution in [0.15, 0.2) is 59.1 Å². The lowest BCUT2D eigenvalue weighted by atomic mass is 9.97. The van der Waals surface area contributed by atoms with Crippen molar-refractivity contribution in [2.45, 2.75) is 77.0 Å². The van der Waals surface area contributed by atoms with E-state index in [2.05, 4.69) is 70.8 Å². The summed E-state index contributed by atoms with van der Waals surface area (Å²) < 4.78 is 27.1. The third kappa shape index (κ3) is 6.33. The van der Waals surface area contributed by atoms with Crippen molar-refractivity contribution in [3.05, 3.63) is 94.1 Å². The Labute approximate surface area is 307 Å². The quantitative estimate of drug-likeness (QED) is 0.143. The minimum Gasteiger partial charge on any atom is -0.374 e.